The highest BCUT2D eigenvalue weighted by molar-refractivity contribution is 14.0. The quantitative estimate of drug-likeness (QED) is 0.556. The molecule has 0 amide bonds. The van der Waals surface area contributed by atoms with Gasteiger partial charge in [-0.15, -0.1) is 24.0 Å². The number of hydrogen-bond acceptors (Lipinski definition) is 1. The highest BCUT2D eigenvalue weighted by atomic mass is 127. The minimum absolute atomic E-state index is 0. The van der Waals surface area contributed by atoms with Gasteiger partial charge in [0.25, 0.3) is 0 Å². The van der Waals surface area contributed by atoms with Gasteiger partial charge in [-0.3, -0.25) is 0 Å². The summed E-state index contributed by atoms with van der Waals surface area (Å²) in [5, 5.41) is 0. The molecule has 2 N–H and O–H groups in total. The molecule has 1 rings (SSSR count). The number of rotatable bonds is 0. The van der Waals surface area contributed by atoms with Gasteiger partial charge < -0.3 is 5.73 Å². The van der Waals surface area contributed by atoms with Crippen molar-refractivity contribution in [3.63, 3.8) is 0 Å². The Morgan fingerprint density at radius 3 is 2.36 bits per heavy atom. The average molecular weight is 265 g/mol. The predicted molar refractivity (Wildman–Crippen MR) is 56.9 cm³/mol. The van der Waals surface area contributed by atoms with Crippen LogP contribution >= 0.6 is 24.0 Å². The normalized spacial score (nSPS) is 9.00. The van der Waals surface area contributed by atoms with Crippen LogP contribution in [0.4, 0.5) is 5.69 Å². The van der Waals surface area contributed by atoms with Crippen molar-refractivity contribution in [3.8, 4) is 0 Å². The minimum atomic E-state index is 0. The molecule has 0 saturated heterocycles. The van der Waals surface area contributed by atoms with Gasteiger partial charge in [-0.1, -0.05) is 0 Å². The van der Waals surface area contributed by atoms with Crippen LogP contribution in [0.5, 0.6) is 0 Å². The lowest BCUT2D eigenvalue weighted by atomic mass is 10.2. The number of halogens is 1. The molecule has 1 aromatic heterocycles. The van der Waals surface area contributed by atoms with Crippen molar-refractivity contribution in [1.29, 1.82) is 0 Å². The molecule has 0 aliphatic heterocycles. The third kappa shape index (κ3) is 2.05. The third-order valence-electron chi connectivity index (χ3n) is 1.98. The van der Waals surface area contributed by atoms with Crippen molar-refractivity contribution in [3.05, 3.63) is 23.5 Å². The molecule has 0 fully saturated rings. The van der Waals surface area contributed by atoms with Crippen molar-refractivity contribution in [2.45, 2.75) is 13.8 Å². The van der Waals surface area contributed by atoms with E-state index in [9.17, 15) is 0 Å². The van der Waals surface area contributed by atoms with E-state index in [2.05, 4.69) is 11.5 Å². The Labute approximate surface area is 84.4 Å². The van der Waals surface area contributed by atoms with E-state index in [4.69, 9.17) is 5.73 Å². The van der Waals surface area contributed by atoms with E-state index in [-0.39, 0.29) is 24.0 Å². The first-order valence-electron chi connectivity index (χ1n) is 3.34. The summed E-state index contributed by atoms with van der Waals surface area (Å²) in [6.45, 7) is 4.09. The highest BCUT2D eigenvalue weighted by Crippen LogP contribution is 2.08. The van der Waals surface area contributed by atoms with Crippen LogP contribution in [0.3, 0.4) is 0 Å². The summed E-state index contributed by atoms with van der Waals surface area (Å²) in [6.07, 6.45) is 1.97. The van der Waals surface area contributed by atoms with Crippen LogP contribution in [0.25, 0.3) is 0 Å². The Bertz CT molecular complexity index is 232. The zero-order valence-electron chi connectivity index (χ0n) is 7.09. The van der Waals surface area contributed by atoms with Gasteiger partial charge >= 0.3 is 0 Å². The fourth-order valence-electron chi connectivity index (χ4n) is 0.902. The summed E-state index contributed by atoms with van der Waals surface area (Å²) in [5.41, 5.74) is 8.94. The zero-order chi connectivity index (χ0) is 7.72. The Hall–Kier alpha value is -0.320. The monoisotopic (exact) mass is 265 g/mol. The molecule has 0 unspecified atom stereocenters. The number of hydrogen-bond donors (Lipinski definition) is 1. The van der Waals surface area contributed by atoms with Crippen LogP contribution in [0, 0.1) is 13.8 Å². The average Bonchev–Trinajstić information content (AvgIpc) is 1.93. The van der Waals surface area contributed by atoms with E-state index in [0.717, 1.165) is 5.69 Å². The van der Waals surface area contributed by atoms with Crippen LogP contribution < -0.4 is 10.3 Å². The van der Waals surface area contributed by atoms with Crippen molar-refractivity contribution >= 4 is 29.7 Å². The molecule has 1 heterocycles. The van der Waals surface area contributed by atoms with Gasteiger partial charge in [0.1, 0.15) is 7.05 Å². The molecule has 0 spiro atoms. The third-order valence-corrected chi connectivity index (χ3v) is 1.98. The summed E-state index contributed by atoms with van der Waals surface area (Å²) in [5.74, 6) is 0. The number of pyridine rings is 1. The minimum Gasteiger partial charge on any atom is -0.398 e. The summed E-state index contributed by atoms with van der Waals surface area (Å²) in [6, 6.07) is 1.92. The maximum atomic E-state index is 5.68. The molecule has 0 aliphatic rings. The molecule has 0 saturated carbocycles. The van der Waals surface area contributed by atoms with Gasteiger partial charge in [0.05, 0.1) is 0 Å². The van der Waals surface area contributed by atoms with Gasteiger partial charge in [-0.05, 0) is 6.92 Å². The Kier molecular flexibility index (Phi) is 3.78. The van der Waals surface area contributed by atoms with E-state index >= 15 is 0 Å². The van der Waals surface area contributed by atoms with Gasteiger partial charge in [0, 0.05) is 24.2 Å². The summed E-state index contributed by atoms with van der Waals surface area (Å²) in [7, 11) is 2.02. The summed E-state index contributed by atoms with van der Waals surface area (Å²) >= 11 is 0. The Morgan fingerprint density at radius 1 is 1.36 bits per heavy atom. The van der Waals surface area contributed by atoms with Crippen LogP contribution in [0.15, 0.2) is 12.3 Å². The van der Waals surface area contributed by atoms with Gasteiger partial charge in [0.2, 0.25) is 0 Å². The molecular formula is C8H14IN2+. The van der Waals surface area contributed by atoms with Crippen molar-refractivity contribution in [2.75, 3.05) is 5.73 Å². The Balaban J connectivity index is 0.000001000. The number of anilines is 1. The smallest absolute Gasteiger partial charge is 0.182 e. The molecule has 11 heavy (non-hydrogen) atoms. The summed E-state index contributed by atoms with van der Waals surface area (Å²) in [4.78, 5) is 0. The van der Waals surface area contributed by atoms with Gasteiger partial charge in [0.15, 0.2) is 11.9 Å². The van der Waals surface area contributed by atoms with Crippen LogP contribution in [0.2, 0.25) is 0 Å². The second kappa shape index (κ2) is 3.90. The molecule has 3 heteroatoms. The van der Waals surface area contributed by atoms with Crippen LogP contribution in [0.1, 0.15) is 11.3 Å². The number of aryl methyl sites for hydroxylation is 1. The number of nitrogens with zero attached hydrogens (tertiary/aromatic N) is 1. The molecule has 62 valence electrons. The van der Waals surface area contributed by atoms with Crippen molar-refractivity contribution < 1.29 is 4.57 Å². The van der Waals surface area contributed by atoms with Gasteiger partial charge in [-0.25, -0.2) is 4.57 Å². The van der Waals surface area contributed by atoms with E-state index in [1.165, 1.54) is 11.3 Å². The maximum absolute atomic E-state index is 5.68. The lowest BCUT2D eigenvalue weighted by molar-refractivity contribution is -0.677. The first kappa shape index (κ1) is 10.7. The molecule has 1 aromatic rings. The predicted octanol–water partition coefficient (Wildman–Crippen LogP) is 1.33. The van der Waals surface area contributed by atoms with E-state index in [1.54, 1.807) is 0 Å². The molecular weight excluding hydrogens is 251 g/mol. The number of aromatic nitrogens is 1. The van der Waals surface area contributed by atoms with Crippen molar-refractivity contribution in [2.24, 2.45) is 7.05 Å². The van der Waals surface area contributed by atoms with Crippen LogP contribution in [-0.2, 0) is 7.05 Å². The zero-order valence-corrected chi connectivity index (χ0v) is 9.42. The first-order valence-corrected chi connectivity index (χ1v) is 3.34. The highest BCUT2D eigenvalue weighted by Gasteiger charge is 2.05. The largest absolute Gasteiger partial charge is 0.398 e. The molecule has 0 bridgehead atoms. The topological polar surface area (TPSA) is 29.9 Å². The second-order valence-electron chi connectivity index (χ2n) is 2.59. The fraction of sp³-hybridized carbons (Fsp3) is 0.375. The molecule has 0 atom stereocenters. The summed E-state index contributed by atoms with van der Waals surface area (Å²) < 4.78 is 2.06. The molecule has 0 aromatic carbocycles. The SMILES string of the molecule is Cc1c(N)cc[n+](C)c1C.I. The van der Waals surface area contributed by atoms with Crippen molar-refractivity contribution in [1.82, 2.24) is 0 Å². The lowest BCUT2D eigenvalue weighted by Crippen LogP contribution is -2.32. The van der Waals surface area contributed by atoms with Gasteiger partial charge in [-0.2, -0.15) is 0 Å². The van der Waals surface area contributed by atoms with E-state index < -0.39 is 0 Å². The second-order valence-corrected chi connectivity index (χ2v) is 2.59. The maximum Gasteiger partial charge on any atom is 0.182 e. The van der Waals surface area contributed by atoms with Crippen LogP contribution in [-0.4, -0.2) is 0 Å². The van der Waals surface area contributed by atoms with E-state index in [0.29, 0.717) is 0 Å². The lowest BCUT2D eigenvalue weighted by Gasteiger charge is -2.00. The fourth-order valence-corrected chi connectivity index (χ4v) is 0.902. The number of nitrogen functional groups attached to an aromatic ring is 1. The molecule has 0 aliphatic carbocycles. The molecule has 0 radical (unpaired) electrons. The number of nitrogens with two attached hydrogens (primary N) is 1. The Morgan fingerprint density at radius 2 is 1.91 bits per heavy atom. The molecule has 2 nitrogen and oxygen atoms in total. The first-order chi connectivity index (χ1) is 4.63. The standard InChI is InChI=1S/C8H12N2.HI/c1-6-7(2)10(3)5-4-8(6)9;/h4-5,9H,1-3H3;1H/p+1. The van der Waals surface area contributed by atoms with E-state index in [1.807, 2.05) is 26.2 Å².